The maximum absolute atomic E-state index is 11.8. The monoisotopic (exact) mass is 383 g/mol. The van der Waals surface area contributed by atoms with Gasteiger partial charge in [-0.3, -0.25) is 4.79 Å². The summed E-state index contributed by atoms with van der Waals surface area (Å²) in [5.41, 5.74) is 5.87. The van der Waals surface area contributed by atoms with Crippen molar-refractivity contribution in [1.82, 2.24) is 0 Å². The van der Waals surface area contributed by atoms with Crippen molar-refractivity contribution >= 4 is 5.97 Å². The lowest BCUT2D eigenvalue weighted by Gasteiger charge is -2.16. The van der Waals surface area contributed by atoms with Crippen molar-refractivity contribution in [3.63, 3.8) is 0 Å². The van der Waals surface area contributed by atoms with Crippen molar-refractivity contribution in [3.05, 3.63) is 0 Å². The molecule has 0 heterocycles. The van der Waals surface area contributed by atoms with Gasteiger partial charge in [-0.25, -0.2) is 0 Å². The third kappa shape index (κ3) is 17.3. The molecule has 2 atom stereocenters. The molecule has 0 saturated carbocycles. The highest BCUT2D eigenvalue weighted by Gasteiger charge is 2.20. The lowest BCUT2D eigenvalue weighted by molar-refractivity contribution is -0.146. The van der Waals surface area contributed by atoms with Crippen molar-refractivity contribution in [2.45, 2.75) is 136 Å². The second kappa shape index (κ2) is 20.2. The Morgan fingerprint density at radius 3 is 1.44 bits per heavy atom. The fourth-order valence-corrected chi connectivity index (χ4v) is 3.41. The smallest absolute Gasteiger partial charge is 0.323 e. The van der Waals surface area contributed by atoms with Crippen LogP contribution in [-0.2, 0) is 9.53 Å². The number of unbranched alkanes of at least 4 members (excludes halogenated alkanes) is 15. The summed E-state index contributed by atoms with van der Waals surface area (Å²) < 4.78 is 5.28. The summed E-state index contributed by atoms with van der Waals surface area (Å²) in [6.45, 7) is 6.86. The van der Waals surface area contributed by atoms with Gasteiger partial charge in [0.2, 0.25) is 0 Å². The van der Waals surface area contributed by atoms with Gasteiger partial charge in [0.15, 0.2) is 0 Å². The maximum Gasteiger partial charge on any atom is 0.323 e. The van der Waals surface area contributed by atoms with Crippen molar-refractivity contribution in [1.29, 1.82) is 0 Å². The van der Waals surface area contributed by atoms with E-state index in [1.54, 1.807) is 0 Å². The molecule has 0 amide bonds. The molecule has 3 heteroatoms. The molecule has 0 radical (unpaired) electrons. The summed E-state index contributed by atoms with van der Waals surface area (Å²) in [6.07, 6.45) is 22.6. The summed E-state index contributed by atoms with van der Waals surface area (Å²) in [5.74, 6) is -0.0337. The molecular formula is C24H49NO2. The van der Waals surface area contributed by atoms with Gasteiger partial charge >= 0.3 is 5.97 Å². The Morgan fingerprint density at radius 2 is 1.07 bits per heavy atom. The van der Waals surface area contributed by atoms with Crippen molar-refractivity contribution < 1.29 is 9.53 Å². The molecule has 0 fully saturated rings. The van der Waals surface area contributed by atoms with E-state index in [2.05, 4.69) is 6.92 Å². The molecule has 0 saturated heterocycles. The number of hydrogen-bond donors (Lipinski definition) is 1. The van der Waals surface area contributed by atoms with E-state index in [1.165, 1.54) is 89.9 Å². The van der Waals surface area contributed by atoms with Gasteiger partial charge < -0.3 is 10.5 Å². The van der Waals surface area contributed by atoms with Crippen LogP contribution in [0.15, 0.2) is 0 Å². The second-order valence-electron chi connectivity index (χ2n) is 8.38. The molecule has 27 heavy (non-hydrogen) atoms. The predicted molar refractivity (Wildman–Crippen MR) is 118 cm³/mol. The predicted octanol–water partition coefficient (Wildman–Crippen LogP) is 7.16. The third-order valence-electron chi connectivity index (χ3n) is 5.77. The molecule has 0 aliphatic rings. The molecule has 0 rings (SSSR count). The molecule has 0 spiro atoms. The van der Waals surface area contributed by atoms with E-state index in [9.17, 15) is 4.79 Å². The van der Waals surface area contributed by atoms with Crippen LogP contribution in [0, 0.1) is 5.92 Å². The average molecular weight is 384 g/mol. The van der Waals surface area contributed by atoms with E-state index < -0.39 is 6.04 Å². The van der Waals surface area contributed by atoms with Crippen LogP contribution in [0.5, 0.6) is 0 Å². The number of carbonyl (C=O) groups excluding carboxylic acids is 1. The molecule has 0 aromatic rings. The molecule has 0 aromatic heterocycles. The van der Waals surface area contributed by atoms with Gasteiger partial charge in [-0.1, -0.05) is 124 Å². The topological polar surface area (TPSA) is 52.3 Å². The van der Waals surface area contributed by atoms with Crippen LogP contribution in [-0.4, -0.2) is 18.6 Å². The lowest BCUT2D eigenvalue weighted by atomic mass is 10.0. The van der Waals surface area contributed by atoms with Crippen molar-refractivity contribution in [2.75, 3.05) is 6.61 Å². The maximum atomic E-state index is 11.8. The van der Waals surface area contributed by atoms with Gasteiger partial charge in [0.05, 0.1) is 6.61 Å². The van der Waals surface area contributed by atoms with E-state index >= 15 is 0 Å². The van der Waals surface area contributed by atoms with Crippen LogP contribution in [0.1, 0.15) is 130 Å². The van der Waals surface area contributed by atoms with Crippen LogP contribution in [0.3, 0.4) is 0 Å². The zero-order chi connectivity index (χ0) is 20.2. The number of carbonyl (C=O) groups is 1. The zero-order valence-corrected chi connectivity index (χ0v) is 18.8. The van der Waals surface area contributed by atoms with Crippen LogP contribution >= 0.6 is 0 Å². The summed E-state index contributed by atoms with van der Waals surface area (Å²) >= 11 is 0. The second-order valence-corrected chi connectivity index (χ2v) is 8.38. The first-order valence-electron chi connectivity index (χ1n) is 12.1. The Hall–Kier alpha value is -0.570. The van der Waals surface area contributed by atoms with Crippen molar-refractivity contribution in [3.8, 4) is 0 Å². The average Bonchev–Trinajstić information content (AvgIpc) is 2.68. The minimum atomic E-state index is -0.462. The molecule has 0 aliphatic carbocycles. The summed E-state index contributed by atoms with van der Waals surface area (Å²) in [7, 11) is 0. The van der Waals surface area contributed by atoms with Gasteiger partial charge in [-0.05, 0) is 12.3 Å². The minimum Gasteiger partial charge on any atom is -0.465 e. The molecule has 2 N–H and O–H groups in total. The Labute approximate surface area is 170 Å². The Bertz CT molecular complexity index is 320. The van der Waals surface area contributed by atoms with Crippen LogP contribution in [0.4, 0.5) is 0 Å². The fraction of sp³-hybridized carbons (Fsp3) is 0.958. The SMILES string of the molecule is CCCCCCCCCCCCCCCCCCOC(=O)C(N)C(C)CC. The minimum absolute atomic E-state index is 0.197. The Balaban J connectivity index is 3.20. The Kier molecular flexibility index (Phi) is 19.7. The largest absolute Gasteiger partial charge is 0.465 e. The first-order chi connectivity index (χ1) is 13.1. The molecule has 2 unspecified atom stereocenters. The van der Waals surface area contributed by atoms with Gasteiger partial charge in [0.25, 0.3) is 0 Å². The molecular weight excluding hydrogens is 334 g/mol. The third-order valence-corrected chi connectivity index (χ3v) is 5.77. The number of nitrogens with two attached hydrogens (primary N) is 1. The van der Waals surface area contributed by atoms with E-state index in [1.807, 2.05) is 13.8 Å². The summed E-state index contributed by atoms with van der Waals surface area (Å²) in [4.78, 5) is 11.8. The first kappa shape index (κ1) is 26.4. The highest BCUT2D eigenvalue weighted by Crippen LogP contribution is 2.14. The molecule has 162 valence electrons. The number of rotatable bonds is 20. The lowest BCUT2D eigenvalue weighted by Crippen LogP contribution is -2.38. The molecule has 0 aliphatic heterocycles. The van der Waals surface area contributed by atoms with Gasteiger partial charge in [0.1, 0.15) is 6.04 Å². The standard InChI is InChI=1S/C24H49NO2/c1-4-6-7-8-9-10-11-12-13-14-15-16-17-18-19-20-21-27-24(26)23(25)22(3)5-2/h22-23H,4-21,25H2,1-3H3. The van der Waals surface area contributed by atoms with Crippen LogP contribution in [0.25, 0.3) is 0 Å². The number of ether oxygens (including phenoxy) is 1. The Morgan fingerprint density at radius 1 is 0.704 bits per heavy atom. The van der Waals surface area contributed by atoms with Gasteiger partial charge in [0, 0.05) is 0 Å². The quantitative estimate of drug-likeness (QED) is 0.179. The van der Waals surface area contributed by atoms with Crippen LogP contribution in [0.2, 0.25) is 0 Å². The zero-order valence-electron chi connectivity index (χ0n) is 18.8. The van der Waals surface area contributed by atoms with E-state index in [0.717, 1.165) is 19.3 Å². The highest BCUT2D eigenvalue weighted by molar-refractivity contribution is 5.75. The number of esters is 1. The summed E-state index contributed by atoms with van der Waals surface area (Å²) in [5, 5.41) is 0. The van der Waals surface area contributed by atoms with Crippen molar-refractivity contribution in [2.24, 2.45) is 11.7 Å². The summed E-state index contributed by atoms with van der Waals surface area (Å²) in [6, 6.07) is -0.462. The van der Waals surface area contributed by atoms with Gasteiger partial charge in [-0.2, -0.15) is 0 Å². The molecule has 3 nitrogen and oxygen atoms in total. The number of hydrogen-bond acceptors (Lipinski definition) is 3. The van der Waals surface area contributed by atoms with Gasteiger partial charge in [-0.15, -0.1) is 0 Å². The highest BCUT2D eigenvalue weighted by atomic mass is 16.5. The molecule has 0 aromatic carbocycles. The normalized spacial score (nSPS) is 13.5. The first-order valence-corrected chi connectivity index (χ1v) is 12.1. The molecule has 0 bridgehead atoms. The van der Waals surface area contributed by atoms with E-state index in [-0.39, 0.29) is 11.9 Å². The van der Waals surface area contributed by atoms with E-state index in [4.69, 9.17) is 10.5 Å². The van der Waals surface area contributed by atoms with Crippen LogP contribution < -0.4 is 5.73 Å². The van der Waals surface area contributed by atoms with E-state index in [0.29, 0.717) is 6.61 Å². The fourth-order valence-electron chi connectivity index (χ4n) is 3.41.